The van der Waals surface area contributed by atoms with Gasteiger partial charge in [0, 0.05) is 29.7 Å². The Balaban J connectivity index is 0.948. The topological polar surface area (TPSA) is 177 Å². The van der Waals surface area contributed by atoms with Crippen LogP contribution in [0.15, 0.2) is 96.2 Å². The van der Waals surface area contributed by atoms with E-state index >= 15 is 0 Å². The molecule has 3 aromatic carbocycles. The van der Waals surface area contributed by atoms with Crippen LogP contribution in [-0.4, -0.2) is 64.5 Å². The number of amides is 1. The highest BCUT2D eigenvalue weighted by Gasteiger charge is 2.36. The number of pyridine rings is 1. The van der Waals surface area contributed by atoms with Gasteiger partial charge in [0.25, 0.3) is 15.9 Å². The molecule has 0 bridgehead atoms. The van der Waals surface area contributed by atoms with Crippen molar-refractivity contribution in [3.63, 3.8) is 0 Å². The molecule has 3 fully saturated rings. The van der Waals surface area contributed by atoms with Crippen LogP contribution in [-0.2, 0) is 10.0 Å². The molecule has 1 aliphatic heterocycles. The minimum Gasteiger partial charge on any atom is -0.487 e. The number of benzene rings is 3. The van der Waals surface area contributed by atoms with Crippen molar-refractivity contribution in [2.45, 2.75) is 99.6 Å². The van der Waals surface area contributed by atoms with Crippen LogP contribution in [0.25, 0.3) is 16.6 Å². The average Bonchev–Trinajstić information content (AvgIpc) is 3.79. The van der Waals surface area contributed by atoms with Gasteiger partial charge in [0.1, 0.15) is 17.1 Å². The van der Waals surface area contributed by atoms with Crippen molar-refractivity contribution in [3.8, 4) is 17.2 Å². The molecule has 1 unspecified atom stereocenters. The van der Waals surface area contributed by atoms with Crippen LogP contribution >= 0.6 is 0 Å². The van der Waals surface area contributed by atoms with Crippen molar-refractivity contribution < 1.29 is 32.7 Å². The minimum absolute atomic E-state index is 0.0351. The number of hydrogen-bond donors (Lipinski definition) is 3. The van der Waals surface area contributed by atoms with Gasteiger partial charge in [-0.1, -0.05) is 36.4 Å². The second kappa shape index (κ2) is 16.8. The summed E-state index contributed by atoms with van der Waals surface area (Å²) in [6.45, 7) is 1.29. The van der Waals surface area contributed by atoms with Gasteiger partial charge < -0.3 is 19.6 Å². The molecule has 9 rings (SSSR count). The number of carbonyl (C=O) groups is 1. The molecule has 3 N–H and O–H groups in total. The highest BCUT2D eigenvalue weighted by atomic mass is 32.2. The summed E-state index contributed by atoms with van der Waals surface area (Å²) in [6, 6.07) is 21.9. The Bertz CT molecular complexity index is 2560. The van der Waals surface area contributed by atoms with Crippen molar-refractivity contribution in [2.24, 2.45) is 5.92 Å². The van der Waals surface area contributed by atoms with Crippen LogP contribution in [0.2, 0.25) is 0 Å². The first-order chi connectivity index (χ1) is 29.1. The number of likely N-dealkylation sites (tertiary alicyclic amines) is 1. The Hall–Kier alpha value is -5.57. The summed E-state index contributed by atoms with van der Waals surface area (Å²) in [5.74, 6) is 0.285. The molecule has 312 valence electrons. The fourth-order valence-electron chi connectivity index (χ4n) is 9.30. The number of carbonyl (C=O) groups excluding carboxylic acids is 1. The lowest BCUT2D eigenvalue weighted by Gasteiger charge is -2.36. The summed E-state index contributed by atoms with van der Waals surface area (Å²) in [5.41, 5.74) is 5.10. The number of fused-ring (bicyclic) bond motifs is 1. The summed E-state index contributed by atoms with van der Waals surface area (Å²) in [7, 11) is -4.58. The van der Waals surface area contributed by atoms with Crippen LogP contribution in [0.5, 0.6) is 17.2 Å². The lowest BCUT2D eigenvalue weighted by Crippen LogP contribution is -2.36. The number of aliphatic hydroxyl groups is 1. The number of hydrogen-bond acceptors (Lipinski definition) is 10. The van der Waals surface area contributed by atoms with Crippen LogP contribution in [0.1, 0.15) is 110 Å². The molecule has 5 aromatic rings. The van der Waals surface area contributed by atoms with Crippen LogP contribution in [0, 0.1) is 16.0 Å². The third-order valence-corrected chi connectivity index (χ3v) is 14.0. The van der Waals surface area contributed by atoms with E-state index in [1.807, 2.05) is 12.1 Å². The predicted octanol–water partition coefficient (Wildman–Crippen LogP) is 8.96. The summed E-state index contributed by atoms with van der Waals surface area (Å²) >= 11 is 0. The summed E-state index contributed by atoms with van der Waals surface area (Å²) in [6.07, 6.45) is 15.6. The Kier molecular flexibility index (Phi) is 11.2. The fourth-order valence-corrected chi connectivity index (χ4v) is 10.3. The molecule has 14 heteroatoms. The van der Waals surface area contributed by atoms with E-state index in [0.29, 0.717) is 42.2 Å². The van der Waals surface area contributed by atoms with Gasteiger partial charge in [-0.2, -0.15) is 0 Å². The Morgan fingerprint density at radius 2 is 1.77 bits per heavy atom. The molecule has 1 amide bonds. The van der Waals surface area contributed by atoms with E-state index in [2.05, 4.69) is 49.9 Å². The zero-order valence-corrected chi connectivity index (χ0v) is 34.1. The highest BCUT2D eigenvalue weighted by Crippen LogP contribution is 2.47. The first kappa shape index (κ1) is 39.9. The number of allylic oxidation sites excluding steroid dienone is 1. The highest BCUT2D eigenvalue weighted by molar-refractivity contribution is 7.90. The number of sulfonamides is 1. The fraction of sp³-hybridized carbons (Fsp3) is 0.391. The predicted molar refractivity (Wildman–Crippen MR) is 227 cm³/mol. The average molecular weight is 832 g/mol. The van der Waals surface area contributed by atoms with Gasteiger partial charge in [-0.25, -0.2) is 18.1 Å². The quantitative estimate of drug-likeness (QED) is 0.0767. The van der Waals surface area contributed by atoms with Gasteiger partial charge in [0.15, 0.2) is 5.75 Å². The number of aliphatic hydroxyl groups excluding tert-OH is 1. The number of nitro benzene ring substituents is 1. The zero-order chi connectivity index (χ0) is 41.4. The second-order valence-corrected chi connectivity index (χ2v) is 18.3. The third kappa shape index (κ3) is 8.54. The van der Waals surface area contributed by atoms with E-state index in [1.165, 1.54) is 55.1 Å². The summed E-state index contributed by atoms with van der Waals surface area (Å²) < 4.78 is 41.5. The number of rotatable bonds is 13. The number of nitrogens with one attached hydrogen (secondary N) is 2. The number of H-pyrrole nitrogens is 1. The number of aromatic nitrogens is 2. The van der Waals surface area contributed by atoms with E-state index in [0.717, 1.165) is 61.2 Å². The summed E-state index contributed by atoms with van der Waals surface area (Å²) in [5, 5.41) is 22.7. The van der Waals surface area contributed by atoms with Gasteiger partial charge in [-0.05, 0) is 148 Å². The van der Waals surface area contributed by atoms with Gasteiger partial charge in [-0.15, -0.1) is 0 Å². The van der Waals surface area contributed by atoms with Crippen molar-refractivity contribution >= 4 is 38.2 Å². The molecule has 4 aliphatic rings. The third-order valence-electron chi connectivity index (χ3n) is 12.7. The van der Waals surface area contributed by atoms with Crippen molar-refractivity contribution in [1.29, 1.82) is 0 Å². The maximum Gasteiger partial charge on any atom is 0.312 e. The largest absolute Gasteiger partial charge is 0.487 e. The minimum atomic E-state index is -4.58. The van der Waals surface area contributed by atoms with Crippen LogP contribution in [0.3, 0.4) is 0 Å². The van der Waals surface area contributed by atoms with E-state index in [4.69, 9.17) is 9.47 Å². The number of nitro groups is 1. The molecule has 3 aliphatic carbocycles. The monoisotopic (exact) mass is 831 g/mol. The van der Waals surface area contributed by atoms with Gasteiger partial charge in [0.05, 0.1) is 34.3 Å². The number of aromatic amines is 1. The SMILES string of the molecule is O=C(NS(=O)(=O)c1ccc(OCC2CCC(O)CC2)c([N+](=O)[O-])c1)c1ccc(C2=CCC(N3CCC[C@H]3c3ccccc3C3CC3)CC2)cc1Oc1cnc2[nH]ccc2c1. The molecule has 0 radical (unpaired) electrons. The molecule has 0 spiro atoms. The first-order valence-electron chi connectivity index (χ1n) is 21.0. The summed E-state index contributed by atoms with van der Waals surface area (Å²) in [4.78, 5) is 35.0. The van der Waals surface area contributed by atoms with Crippen LogP contribution in [0.4, 0.5) is 5.69 Å². The molecule has 3 heterocycles. The van der Waals surface area contributed by atoms with Gasteiger partial charge in [0.2, 0.25) is 0 Å². The van der Waals surface area contributed by atoms with E-state index in [9.17, 15) is 28.4 Å². The van der Waals surface area contributed by atoms with Crippen LogP contribution < -0.4 is 14.2 Å². The zero-order valence-electron chi connectivity index (χ0n) is 33.3. The Labute approximate surface area is 349 Å². The van der Waals surface area contributed by atoms with E-state index < -0.39 is 31.4 Å². The van der Waals surface area contributed by atoms with E-state index in [-0.39, 0.29) is 35.7 Å². The molecular formula is C46H49N5O8S. The molecule has 2 aromatic heterocycles. The standard InChI is InChI=1S/C46H49N5O8S/c52-35-16-7-29(8-17-35)28-58-43-20-18-37(26-42(43)51(54)55)60(56,57)49-46(53)40-19-13-32(25-44(40)59-36-24-33-21-22-47-45(33)48-27-36)30-11-14-34(15-12-30)50-23-3-6-41(50)39-5-2-1-4-38(39)31-9-10-31/h1-2,4-5,11,13,18-22,24-27,29,31,34-35,41,52H,3,6-10,12,14-17,23,28H2,(H,47,48)(H,49,53)/t29?,34?,35?,41-/m0/s1. The first-order valence-corrected chi connectivity index (χ1v) is 22.5. The van der Waals surface area contributed by atoms with Crippen molar-refractivity contribution in [3.05, 3.63) is 124 Å². The lowest BCUT2D eigenvalue weighted by molar-refractivity contribution is -0.386. The van der Waals surface area contributed by atoms with Crippen molar-refractivity contribution in [1.82, 2.24) is 19.6 Å². The van der Waals surface area contributed by atoms with Crippen molar-refractivity contribution in [2.75, 3.05) is 13.2 Å². The van der Waals surface area contributed by atoms with E-state index in [1.54, 1.807) is 24.4 Å². The lowest BCUT2D eigenvalue weighted by atomic mass is 9.88. The maximum atomic E-state index is 13.9. The number of nitrogens with zero attached hydrogens (tertiary/aromatic N) is 3. The Morgan fingerprint density at radius 1 is 0.950 bits per heavy atom. The molecule has 13 nitrogen and oxygen atoms in total. The Morgan fingerprint density at radius 3 is 2.53 bits per heavy atom. The number of ether oxygens (including phenoxy) is 2. The van der Waals surface area contributed by atoms with Gasteiger partial charge in [-0.3, -0.25) is 19.8 Å². The molecular weight excluding hydrogens is 783 g/mol. The normalized spacial score (nSPS) is 22.3. The molecule has 2 atom stereocenters. The molecule has 60 heavy (non-hydrogen) atoms. The smallest absolute Gasteiger partial charge is 0.312 e. The maximum absolute atomic E-state index is 13.9. The molecule has 1 saturated heterocycles. The van der Waals surface area contributed by atoms with Gasteiger partial charge >= 0.3 is 5.69 Å². The molecule has 2 saturated carbocycles. The second-order valence-electron chi connectivity index (χ2n) is 16.7.